The van der Waals surface area contributed by atoms with Crippen molar-refractivity contribution in [2.24, 2.45) is 11.8 Å². The minimum absolute atomic E-state index is 0.205. The molecule has 1 unspecified atom stereocenters. The van der Waals surface area contributed by atoms with Crippen molar-refractivity contribution in [2.75, 3.05) is 6.61 Å². The highest BCUT2D eigenvalue weighted by Gasteiger charge is 2.36. The molecule has 1 aromatic rings. The number of hydrogen-bond acceptors (Lipinski definition) is 5. The van der Waals surface area contributed by atoms with E-state index in [1.165, 1.54) is 19.1 Å². The number of carbonyl (C=O) groups is 3. The third kappa shape index (κ3) is 5.41. The second-order valence-corrected chi connectivity index (χ2v) is 6.35. The number of cyclic esters (lactones) is 1. The standard InChI is InChI=1S/C20H22O5/c1-13(2)10-11-24-16-7-4-15(5-8-16)6-9-17(21)19-18(22)12-14(3)25-20(19)23/h4-9,12-13,19H,10-11H2,1-3H3. The van der Waals surface area contributed by atoms with Crippen LogP contribution in [-0.4, -0.2) is 24.1 Å². The first-order valence-corrected chi connectivity index (χ1v) is 8.25. The SMILES string of the molecule is CC1=CC(=O)C(C(=O)C=Cc2ccc(OCCC(C)C)cc2)C(=O)O1. The Labute approximate surface area is 147 Å². The molecule has 0 fully saturated rings. The second kappa shape index (κ2) is 8.42. The van der Waals surface area contributed by atoms with Gasteiger partial charge >= 0.3 is 5.97 Å². The van der Waals surface area contributed by atoms with Crippen molar-refractivity contribution in [2.45, 2.75) is 27.2 Å². The highest BCUT2D eigenvalue weighted by Crippen LogP contribution is 2.18. The van der Waals surface area contributed by atoms with Crippen LogP contribution in [0.3, 0.4) is 0 Å². The van der Waals surface area contributed by atoms with Crippen LogP contribution >= 0.6 is 0 Å². The zero-order valence-corrected chi connectivity index (χ0v) is 14.7. The summed E-state index contributed by atoms with van der Waals surface area (Å²) in [6.07, 6.45) is 4.94. The molecular formula is C20H22O5. The summed E-state index contributed by atoms with van der Waals surface area (Å²) >= 11 is 0. The number of esters is 1. The Hall–Kier alpha value is -2.69. The molecule has 0 bridgehead atoms. The summed E-state index contributed by atoms with van der Waals surface area (Å²) in [5, 5.41) is 0. The van der Waals surface area contributed by atoms with Gasteiger partial charge in [-0.3, -0.25) is 14.4 Å². The maximum absolute atomic E-state index is 12.1. The lowest BCUT2D eigenvalue weighted by molar-refractivity contribution is -0.151. The van der Waals surface area contributed by atoms with Crippen LogP contribution in [0.5, 0.6) is 5.75 Å². The Balaban J connectivity index is 1.96. The monoisotopic (exact) mass is 342 g/mol. The van der Waals surface area contributed by atoms with Crippen LogP contribution in [0.1, 0.15) is 32.8 Å². The van der Waals surface area contributed by atoms with Crippen molar-refractivity contribution in [3.63, 3.8) is 0 Å². The molecule has 0 spiro atoms. The minimum atomic E-state index is -1.40. The predicted octanol–water partition coefficient (Wildman–Crippen LogP) is 3.34. The molecule has 25 heavy (non-hydrogen) atoms. The Kier molecular flexibility index (Phi) is 6.28. The van der Waals surface area contributed by atoms with Crippen molar-refractivity contribution < 1.29 is 23.9 Å². The summed E-state index contributed by atoms with van der Waals surface area (Å²) in [6.45, 7) is 6.43. The van der Waals surface area contributed by atoms with Crippen LogP contribution in [0.25, 0.3) is 6.08 Å². The lowest BCUT2D eigenvalue weighted by atomic mass is 9.96. The van der Waals surface area contributed by atoms with Crippen LogP contribution in [0.15, 0.2) is 42.2 Å². The van der Waals surface area contributed by atoms with Gasteiger partial charge in [0.1, 0.15) is 11.5 Å². The van der Waals surface area contributed by atoms with Gasteiger partial charge in [-0.1, -0.05) is 32.1 Å². The number of ketones is 2. The van der Waals surface area contributed by atoms with Crippen LogP contribution in [-0.2, 0) is 19.1 Å². The number of allylic oxidation sites excluding steroid dienone is 3. The molecule has 0 aromatic heterocycles. The molecular weight excluding hydrogens is 320 g/mol. The maximum Gasteiger partial charge on any atom is 0.329 e. The van der Waals surface area contributed by atoms with Crippen molar-refractivity contribution in [1.82, 2.24) is 0 Å². The molecule has 2 rings (SSSR count). The average Bonchev–Trinajstić information content (AvgIpc) is 2.53. The number of hydrogen-bond donors (Lipinski definition) is 0. The Morgan fingerprint density at radius 3 is 2.52 bits per heavy atom. The van der Waals surface area contributed by atoms with Gasteiger partial charge in [0, 0.05) is 6.08 Å². The fraction of sp³-hybridized carbons (Fsp3) is 0.350. The molecule has 1 aromatic carbocycles. The van der Waals surface area contributed by atoms with E-state index in [0.29, 0.717) is 12.5 Å². The normalized spacial score (nSPS) is 17.6. The lowest BCUT2D eigenvalue weighted by Crippen LogP contribution is -2.34. The second-order valence-electron chi connectivity index (χ2n) is 6.35. The van der Waals surface area contributed by atoms with E-state index in [1.54, 1.807) is 18.2 Å². The minimum Gasteiger partial charge on any atom is -0.494 e. The van der Waals surface area contributed by atoms with E-state index in [9.17, 15) is 14.4 Å². The zero-order valence-electron chi connectivity index (χ0n) is 14.7. The van der Waals surface area contributed by atoms with Gasteiger partial charge in [-0.05, 0) is 43.0 Å². The van der Waals surface area contributed by atoms with E-state index in [1.807, 2.05) is 12.1 Å². The van der Waals surface area contributed by atoms with E-state index < -0.39 is 23.5 Å². The number of rotatable bonds is 7. The van der Waals surface area contributed by atoms with Crippen LogP contribution in [0, 0.1) is 11.8 Å². The molecule has 0 saturated heterocycles. The summed E-state index contributed by atoms with van der Waals surface area (Å²) in [5.74, 6) is -1.81. The summed E-state index contributed by atoms with van der Waals surface area (Å²) < 4.78 is 10.5. The Morgan fingerprint density at radius 2 is 1.92 bits per heavy atom. The van der Waals surface area contributed by atoms with E-state index >= 15 is 0 Å². The predicted molar refractivity (Wildman–Crippen MR) is 93.8 cm³/mol. The molecule has 0 radical (unpaired) electrons. The van der Waals surface area contributed by atoms with Gasteiger partial charge in [0.2, 0.25) is 0 Å². The fourth-order valence-corrected chi connectivity index (χ4v) is 2.27. The quantitative estimate of drug-likeness (QED) is 0.432. The summed E-state index contributed by atoms with van der Waals surface area (Å²) in [5.41, 5.74) is 0.771. The topological polar surface area (TPSA) is 69.7 Å². The summed E-state index contributed by atoms with van der Waals surface area (Å²) in [4.78, 5) is 35.6. The molecule has 0 aliphatic carbocycles. The van der Waals surface area contributed by atoms with Crippen molar-refractivity contribution >= 4 is 23.6 Å². The van der Waals surface area contributed by atoms with Crippen molar-refractivity contribution in [3.8, 4) is 5.75 Å². The van der Waals surface area contributed by atoms with Crippen molar-refractivity contribution in [1.29, 1.82) is 0 Å². The van der Waals surface area contributed by atoms with Crippen molar-refractivity contribution in [3.05, 3.63) is 47.7 Å². The first-order chi connectivity index (χ1) is 11.9. The van der Waals surface area contributed by atoms with E-state index in [0.717, 1.165) is 17.7 Å². The lowest BCUT2D eigenvalue weighted by Gasteiger charge is -2.15. The smallest absolute Gasteiger partial charge is 0.329 e. The average molecular weight is 342 g/mol. The summed E-state index contributed by atoms with van der Waals surface area (Å²) in [6, 6.07) is 7.24. The maximum atomic E-state index is 12.1. The van der Waals surface area contributed by atoms with E-state index in [2.05, 4.69) is 13.8 Å². The fourth-order valence-electron chi connectivity index (χ4n) is 2.27. The molecule has 1 aliphatic heterocycles. The number of ether oxygens (including phenoxy) is 2. The summed E-state index contributed by atoms with van der Waals surface area (Å²) in [7, 11) is 0. The van der Waals surface area contributed by atoms with Gasteiger partial charge in [-0.2, -0.15) is 0 Å². The molecule has 0 saturated carbocycles. The Morgan fingerprint density at radius 1 is 1.24 bits per heavy atom. The highest BCUT2D eigenvalue weighted by molar-refractivity contribution is 6.25. The molecule has 5 heteroatoms. The van der Waals surface area contributed by atoms with E-state index in [-0.39, 0.29) is 5.76 Å². The molecule has 132 valence electrons. The van der Waals surface area contributed by atoms with Gasteiger partial charge in [0.05, 0.1) is 6.61 Å². The number of benzene rings is 1. The van der Waals surface area contributed by atoms with Crippen LogP contribution in [0.2, 0.25) is 0 Å². The van der Waals surface area contributed by atoms with Crippen LogP contribution in [0.4, 0.5) is 0 Å². The first kappa shape index (κ1) is 18.6. The zero-order chi connectivity index (χ0) is 18.4. The largest absolute Gasteiger partial charge is 0.494 e. The van der Waals surface area contributed by atoms with Gasteiger partial charge in [-0.15, -0.1) is 0 Å². The molecule has 1 aliphatic rings. The molecule has 5 nitrogen and oxygen atoms in total. The highest BCUT2D eigenvalue weighted by atomic mass is 16.5. The number of carbonyl (C=O) groups excluding carboxylic acids is 3. The molecule has 1 atom stereocenters. The molecule has 0 amide bonds. The molecule has 0 N–H and O–H groups in total. The third-order valence-corrected chi connectivity index (χ3v) is 3.70. The molecule has 1 heterocycles. The van der Waals surface area contributed by atoms with Gasteiger partial charge < -0.3 is 9.47 Å². The van der Waals surface area contributed by atoms with Gasteiger partial charge in [0.15, 0.2) is 17.5 Å². The van der Waals surface area contributed by atoms with E-state index in [4.69, 9.17) is 9.47 Å². The Bertz CT molecular complexity index is 710. The van der Waals surface area contributed by atoms with Gasteiger partial charge in [-0.25, -0.2) is 0 Å². The first-order valence-electron chi connectivity index (χ1n) is 8.25. The third-order valence-electron chi connectivity index (χ3n) is 3.70. The van der Waals surface area contributed by atoms with Gasteiger partial charge in [0.25, 0.3) is 0 Å². The van der Waals surface area contributed by atoms with Crippen LogP contribution < -0.4 is 4.74 Å².